The van der Waals surface area contributed by atoms with Gasteiger partial charge in [-0.25, -0.2) is 9.97 Å². The van der Waals surface area contributed by atoms with Gasteiger partial charge in [0.1, 0.15) is 6.33 Å². The highest BCUT2D eigenvalue weighted by Crippen LogP contribution is 2.25. The minimum absolute atomic E-state index is 0.160. The average Bonchev–Trinajstić information content (AvgIpc) is 3.14. The predicted molar refractivity (Wildman–Crippen MR) is 106 cm³/mol. The lowest BCUT2D eigenvalue weighted by Gasteiger charge is -2.18. The van der Waals surface area contributed by atoms with Crippen LogP contribution in [0.4, 0.5) is 0 Å². The topological polar surface area (TPSA) is 85.6 Å². The molecule has 7 heteroatoms. The van der Waals surface area contributed by atoms with Crippen LogP contribution in [0.25, 0.3) is 11.4 Å². The van der Waals surface area contributed by atoms with Crippen LogP contribution in [0.5, 0.6) is 0 Å². The molecule has 1 aromatic carbocycles. The van der Waals surface area contributed by atoms with Crippen LogP contribution < -0.4 is 5.32 Å². The molecule has 2 heterocycles. The van der Waals surface area contributed by atoms with E-state index in [4.69, 9.17) is 9.97 Å². The Balaban J connectivity index is 1.59. The van der Waals surface area contributed by atoms with Crippen molar-refractivity contribution in [2.24, 2.45) is 7.05 Å². The summed E-state index contributed by atoms with van der Waals surface area (Å²) >= 11 is 0. The van der Waals surface area contributed by atoms with Crippen LogP contribution in [0.3, 0.4) is 0 Å². The predicted octanol–water partition coefficient (Wildman–Crippen LogP) is 2.95. The molecule has 1 N–H and O–H groups in total. The van der Waals surface area contributed by atoms with Crippen LogP contribution in [0.1, 0.15) is 58.9 Å². The first-order valence-corrected chi connectivity index (χ1v) is 9.64. The molecular weight excluding hydrogens is 352 g/mol. The zero-order valence-electron chi connectivity index (χ0n) is 16.4. The third-order valence-electron chi connectivity index (χ3n) is 5.25. The molecule has 0 saturated heterocycles. The Kier molecular flexibility index (Phi) is 4.90. The van der Waals surface area contributed by atoms with Crippen molar-refractivity contribution >= 4 is 5.91 Å². The third kappa shape index (κ3) is 3.52. The molecule has 0 unspecified atom stereocenters. The van der Waals surface area contributed by atoms with Crippen LogP contribution in [0.2, 0.25) is 0 Å². The first-order chi connectivity index (χ1) is 13.5. The molecular formula is C21H24N6O. The molecule has 0 aliphatic heterocycles. The summed E-state index contributed by atoms with van der Waals surface area (Å²) in [6, 6.07) is 7.23. The van der Waals surface area contributed by atoms with Crippen LogP contribution in [0.15, 0.2) is 30.6 Å². The molecule has 0 radical (unpaired) electrons. The lowest BCUT2D eigenvalue weighted by molar-refractivity contribution is 0.0938. The first kappa shape index (κ1) is 18.3. The second-order valence-corrected chi connectivity index (χ2v) is 7.34. The number of benzene rings is 1. The van der Waals surface area contributed by atoms with E-state index >= 15 is 0 Å². The van der Waals surface area contributed by atoms with Crippen molar-refractivity contribution < 1.29 is 4.79 Å². The number of amides is 1. The van der Waals surface area contributed by atoms with Gasteiger partial charge in [0.15, 0.2) is 11.6 Å². The molecule has 144 valence electrons. The van der Waals surface area contributed by atoms with Crippen molar-refractivity contribution in [3.63, 3.8) is 0 Å². The van der Waals surface area contributed by atoms with Gasteiger partial charge >= 0.3 is 0 Å². The molecule has 1 amide bonds. The van der Waals surface area contributed by atoms with Crippen molar-refractivity contribution in [1.29, 1.82) is 0 Å². The number of aryl methyl sites for hydroxylation is 3. The molecule has 0 saturated carbocycles. The van der Waals surface area contributed by atoms with E-state index in [1.807, 2.05) is 32.2 Å². The van der Waals surface area contributed by atoms with E-state index in [-0.39, 0.29) is 11.9 Å². The Morgan fingerprint density at radius 1 is 1.21 bits per heavy atom. The van der Waals surface area contributed by atoms with Gasteiger partial charge in [-0.05, 0) is 57.2 Å². The molecule has 28 heavy (non-hydrogen) atoms. The van der Waals surface area contributed by atoms with Crippen molar-refractivity contribution in [2.75, 3.05) is 0 Å². The van der Waals surface area contributed by atoms with Crippen molar-refractivity contribution in [2.45, 2.75) is 45.6 Å². The van der Waals surface area contributed by atoms with Gasteiger partial charge in [-0.3, -0.25) is 4.79 Å². The molecule has 0 spiro atoms. The summed E-state index contributed by atoms with van der Waals surface area (Å²) in [5, 5.41) is 10.9. The van der Waals surface area contributed by atoms with Crippen molar-refractivity contribution in [1.82, 2.24) is 30.0 Å². The molecule has 2 aromatic heterocycles. The van der Waals surface area contributed by atoms with Gasteiger partial charge in [-0.2, -0.15) is 0 Å². The van der Waals surface area contributed by atoms with Gasteiger partial charge in [0.05, 0.1) is 6.04 Å². The summed E-state index contributed by atoms with van der Waals surface area (Å²) in [6.45, 7) is 3.94. The van der Waals surface area contributed by atoms with E-state index in [0.717, 1.165) is 29.8 Å². The van der Waals surface area contributed by atoms with Gasteiger partial charge in [-0.15, -0.1) is 10.2 Å². The molecule has 0 fully saturated rings. The van der Waals surface area contributed by atoms with Gasteiger partial charge in [0.2, 0.25) is 0 Å². The number of hydrogen-bond donors (Lipinski definition) is 1. The minimum Gasteiger partial charge on any atom is -0.342 e. The average molecular weight is 376 g/mol. The number of hydrogen-bond acceptors (Lipinski definition) is 5. The zero-order valence-corrected chi connectivity index (χ0v) is 16.4. The normalized spacial score (nSPS) is 14.4. The molecule has 4 rings (SSSR count). The molecule has 1 aliphatic carbocycles. The molecule has 1 aliphatic rings. The van der Waals surface area contributed by atoms with E-state index in [1.54, 1.807) is 17.0 Å². The minimum atomic E-state index is -0.245. The maximum Gasteiger partial charge on any atom is 0.251 e. The Morgan fingerprint density at radius 2 is 2.04 bits per heavy atom. The van der Waals surface area contributed by atoms with Gasteiger partial charge in [-0.1, -0.05) is 12.1 Å². The summed E-state index contributed by atoms with van der Waals surface area (Å²) in [7, 11) is 1.86. The van der Waals surface area contributed by atoms with Crippen molar-refractivity contribution in [3.05, 3.63) is 58.9 Å². The number of carbonyl (C=O) groups excluding carboxylic acids is 1. The van der Waals surface area contributed by atoms with E-state index in [9.17, 15) is 4.79 Å². The standard InChI is InChI=1S/C21H24N6O/c1-13-17-9-4-5-10-18(17)25-19(23-13)15-7-6-8-16(11-15)21(28)24-14(2)20-26-22-12-27(20)3/h6-8,11-12,14H,4-5,9-10H2,1-3H3,(H,24,28)/t14-/m0/s1. The maximum absolute atomic E-state index is 12.7. The van der Waals surface area contributed by atoms with Gasteiger partial charge in [0, 0.05) is 29.6 Å². The Hall–Kier alpha value is -3.09. The lowest BCUT2D eigenvalue weighted by Crippen LogP contribution is -2.28. The fraction of sp³-hybridized carbons (Fsp3) is 0.381. The SMILES string of the molecule is Cc1nc(-c2cccc(C(=O)N[C@@H](C)c3nncn3C)c2)nc2c1CCCC2. The Bertz CT molecular complexity index is 1030. The largest absolute Gasteiger partial charge is 0.342 e. The van der Waals surface area contributed by atoms with E-state index in [1.165, 1.54) is 18.4 Å². The summed E-state index contributed by atoms with van der Waals surface area (Å²) in [5.74, 6) is 1.24. The second-order valence-electron chi connectivity index (χ2n) is 7.34. The number of fused-ring (bicyclic) bond motifs is 1. The number of aromatic nitrogens is 5. The highest BCUT2D eigenvalue weighted by atomic mass is 16.1. The Morgan fingerprint density at radius 3 is 2.82 bits per heavy atom. The maximum atomic E-state index is 12.7. The first-order valence-electron chi connectivity index (χ1n) is 9.64. The van der Waals surface area contributed by atoms with Crippen LogP contribution in [0, 0.1) is 6.92 Å². The van der Waals surface area contributed by atoms with E-state index in [0.29, 0.717) is 17.2 Å². The fourth-order valence-electron chi connectivity index (χ4n) is 3.74. The van der Waals surface area contributed by atoms with Crippen molar-refractivity contribution in [3.8, 4) is 11.4 Å². The molecule has 3 aromatic rings. The highest BCUT2D eigenvalue weighted by molar-refractivity contribution is 5.95. The summed E-state index contributed by atoms with van der Waals surface area (Å²) in [5.41, 5.74) is 4.92. The quantitative estimate of drug-likeness (QED) is 0.757. The number of nitrogens with one attached hydrogen (secondary N) is 1. The summed E-state index contributed by atoms with van der Waals surface area (Å²) in [4.78, 5) is 22.2. The smallest absolute Gasteiger partial charge is 0.251 e. The lowest BCUT2D eigenvalue weighted by atomic mass is 9.94. The fourth-order valence-corrected chi connectivity index (χ4v) is 3.74. The summed E-state index contributed by atoms with van der Waals surface area (Å²) < 4.78 is 1.80. The monoisotopic (exact) mass is 376 g/mol. The van der Waals surface area contributed by atoms with Gasteiger partial charge in [0.25, 0.3) is 5.91 Å². The highest BCUT2D eigenvalue weighted by Gasteiger charge is 2.18. The second kappa shape index (κ2) is 7.50. The van der Waals surface area contributed by atoms with Crippen LogP contribution in [-0.4, -0.2) is 30.6 Å². The van der Waals surface area contributed by atoms with Crippen LogP contribution in [-0.2, 0) is 19.9 Å². The molecule has 1 atom stereocenters. The van der Waals surface area contributed by atoms with Gasteiger partial charge < -0.3 is 9.88 Å². The Labute approximate surface area is 164 Å². The molecule has 7 nitrogen and oxygen atoms in total. The number of rotatable bonds is 4. The molecule has 0 bridgehead atoms. The number of nitrogens with zero attached hydrogens (tertiary/aromatic N) is 5. The zero-order chi connectivity index (χ0) is 19.7. The third-order valence-corrected chi connectivity index (χ3v) is 5.25. The van der Waals surface area contributed by atoms with Crippen LogP contribution >= 0.6 is 0 Å². The summed E-state index contributed by atoms with van der Waals surface area (Å²) in [6.07, 6.45) is 6.06. The van der Waals surface area contributed by atoms with E-state index < -0.39 is 0 Å². The number of carbonyl (C=O) groups is 1. The van der Waals surface area contributed by atoms with E-state index in [2.05, 4.69) is 22.4 Å².